The first-order valence-electron chi connectivity index (χ1n) is 8.77. The van der Waals surface area contributed by atoms with Crippen molar-refractivity contribution >= 4 is 29.1 Å². The van der Waals surface area contributed by atoms with Gasteiger partial charge in [-0.1, -0.05) is 0 Å². The number of carbonyl (C=O) groups is 2. The molecule has 0 fully saturated rings. The molecule has 0 atom stereocenters. The largest absolute Gasteiger partial charge is 0.462 e. The average molecular weight is 387 g/mol. The number of nitrogens with zero attached hydrogens (tertiary/aromatic N) is 3. The molecule has 0 radical (unpaired) electrons. The van der Waals surface area contributed by atoms with E-state index < -0.39 is 11.9 Å². The number of rotatable bonds is 6. The minimum absolute atomic E-state index is 0.143. The van der Waals surface area contributed by atoms with Crippen LogP contribution in [0.3, 0.4) is 0 Å². The van der Waals surface area contributed by atoms with Gasteiger partial charge >= 0.3 is 5.97 Å². The molecule has 0 saturated carbocycles. The zero-order chi connectivity index (χ0) is 20.6. The van der Waals surface area contributed by atoms with Crippen LogP contribution in [-0.4, -0.2) is 28.5 Å². The number of esters is 1. The normalized spacial score (nSPS) is 9.93. The Kier molecular flexibility index (Phi) is 6.12. The van der Waals surface area contributed by atoms with Crippen molar-refractivity contribution in [3.05, 3.63) is 77.7 Å². The highest BCUT2D eigenvalue weighted by Gasteiger charge is 2.10. The van der Waals surface area contributed by atoms with Crippen molar-refractivity contribution in [1.29, 1.82) is 5.26 Å². The second kappa shape index (κ2) is 9.10. The topological polar surface area (TPSA) is 117 Å². The highest BCUT2D eigenvalue weighted by atomic mass is 16.5. The van der Waals surface area contributed by atoms with E-state index in [1.807, 2.05) is 6.07 Å². The molecule has 0 unspecified atom stereocenters. The monoisotopic (exact) mass is 387 g/mol. The van der Waals surface area contributed by atoms with Crippen molar-refractivity contribution in [2.45, 2.75) is 6.92 Å². The predicted molar refractivity (Wildman–Crippen MR) is 107 cm³/mol. The molecular weight excluding hydrogens is 370 g/mol. The van der Waals surface area contributed by atoms with Crippen molar-refractivity contribution in [2.75, 3.05) is 17.2 Å². The number of anilines is 3. The molecule has 3 aromatic rings. The van der Waals surface area contributed by atoms with Crippen molar-refractivity contribution in [2.24, 2.45) is 0 Å². The molecule has 2 aromatic carbocycles. The molecule has 0 bridgehead atoms. The lowest BCUT2D eigenvalue weighted by molar-refractivity contribution is 0.0526. The van der Waals surface area contributed by atoms with E-state index in [4.69, 9.17) is 10.00 Å². The second-order valence-electron chi connectivity index (χ2n) is 5.85. The van der Waals surface area contributed by atoms with Gasteiger partial charge in [-0.2, -0.15) is 5.26 Å². The Bertz CT molecular complexity index is 1040. The summed E-state index contributed by atoms with van der Waals surface area (Å²) in [5.74, 6) is -0.377. The Hall–Kier alpha value is -4.25. The number of carbonyl (C=O) groups excluding carboxylic acids is 2. The van der Waals surface area contributed by atoms with Crippen LogP contribution in [-0.2, 0) is 4.74 Å². The highest BCUT2D eigenvalue weighted by Crippen LogP contribution is 2.15. The van der Waals surface area contributed by atoms with Crippen LogP contribution < -0.4 is 10.6 Å². The third-order valence-corrected chi connectivity index (χ3v) is 3.82. The fraction of sp³-hybridized carbons (Fsp3) is 0.0952. The molecule has 0 saturated heterocycles. The molecule has 0 aliphatic carbocycles. The maximum absolute atomic E-state index is 12.3. The summed E-state index contributed by atoms with van der Waals surface area (Å²) in [6.07, 6.45) is 2.80. The summed E-state index contributed by atoms with van der Waals surface area (Å²) >= 11 is 0. The number of ether oxygens (including phenoxy) is 1. The predicted octanol–water partition coefficient (Wildman–Crippen LogP) is 3.52. The van der Waals surface area contributed by atoms with Crippen molar-refractivity contribution in [3.63, 3.8) is 0 Å². The van der Waals surface area contributed by atoms with Gasteiger partial charge in [0.2, 0.25) is 0 Å². The number of nitrogens with one attached hydrogen (secondary N) is 2. The van der Waals surface area contributed by atoms with Gasteiger partial charge in [-0.25, -0.2) is 14.8 Å². The molecule has 29 heavy (non-hydrogen) atoms. The Morgan fingerprint density at radius 2 is 1.69 bits per heavy atom. The summed E-state index contributed by atoms with van der Waals surface area (Å²) in [7, 11) is 0. The van der Waals surface area contributed by atoms with E-state index in [1.54, 1.807) is 55.5 Å². The Balaban J connectivity index is 1.61. The van der Waals surface area contributed by atoms with Gasteiger partial charge in [0.15, 0.2) is 0 Å². The van der Waals surface area contributed by atoms with Gasteiger partial charge < -0.3 is 15.4 Å². The Morgan fingerprint density at radius 3 is 2.28 bits per heavy atom. The van der Waals surface area contributed by atoms with Gasteiger partial charge in [0.1, 0.15) is 11.5 Å². The van der Waals surface area contributed by atoms with E-state index in [-0.39, 0.29) is 5.69 Å². The van der Waals surface area contributed by atoms with Crippen LogP contribution in [0.15, 0.2) is 60.9 Å². The number of hydrogen-bond acceptors (Lipinski definition) is 7. The number of amides is 1. The van der Waals surface area contributed by atoms with Crippen LogP contribution in [0.2, 0.25) is 0 Å². The quantitative estimate of drug-likeness (QED) is 0.621. The van der Waals surface area contributed by atoms with Gasteiger partial charge in [-0.3, -0.25) is 4.79 Å². The fourth-order valence-corrected chi connectivity index (χ4v) is 2.39. The van der Waals surface area contributed by atoms with E-state index >= 15 is 0 Å². The van der Waals surface area contributed by atoms with Crippen LogP contribution >= 0.6 is 0 Å². The van der Waals surface area contributed by atoms with E-state index in [0.717, 1.165) is 5.69 Å². The van der Waals surface area contributed by atoms with Crippen LogP contribution in [0.4, 0.5) is 17.2 Å². The van der Waals surface area contributed by atoms with Gasteiger partial charge in [-0.05, 0) is 55.5 Å². The zero-order valence-electron chi connectivity index (χ0n) is 15.5. The summed E-state index contributed by atoms with van der Waals surface area (Å²) in [5.41, 5.74) is 2.37. The molecule has 0 aliphatic rings. The Morgan fingerprint density at radius 1 is 1.00 bits per heavy atom. The van der Waals surface area contributed by atoms with Gasteiger partial charge in [0.05, 0.1) is 36.2 Å². The minimum Gasteiger partial charge on any atom is -0.462 e. The molecule has 3 rings (SSSR count). The molecule has 0 aliphatic heterocycles. The lowest BCUT2D eigenvalue weighted by Gasteiger charge is -2.08. The molecule has 1 amide bonds. The summed E-state index contributed by atoms with van der Waals surface area (Å²) in [6.45, 7) is 2.03. The van der Waals surface area contributed by atoms with Crippen LogP contribution in [0.5, 0.6) is 0 Å². The third-order valence-electron chi connectivity index (χ3n) is 3.82. The second-order valence-corrected chi connectivity index (χ2v) is 5.85. The van der Waals surface area contributed by atoms with E-state index in [0.29, 0.717) is 29.2 Å². The van der Waals surface area contributed by atoms with Gasteiger partial charge in [0.25, 0.3) is 5.91 Å². The summed E-state index contributed by atoms with van der Waals surface area (Å²) in [6, 6.07) is 15.3. The Labute approximate surface area is 167 Å². The number of benzene rings is 2. The highest BCUT2D eigenvalue weighted by molar-refractivity contribution is 6.03. The van der Waals surface area contributed by atoms with Crippen LogP contribution in [0, 0.1) is 11.3 Å². The number of aromatic nitrogens is 2. The SMILES string of the molecule is CCOC(=O)c1ccc(NC(=O)c2cnc(Nc3ccc(C#N)cc3)cn2)cc1. The van der Waals surface area contributed by atoms with Crippen molar-refractivity contribution in [1.82, 2.24) is 9.97 Å². The number of hydrogen-bond donors (Lipinski definition) is 2. The first kappa shape index (κ1) is 19.5. The number of nitriles is 1. The summed E-state index contributed by atoms with van der Waals surface area (Å²) < 4.78 is 4.92. The van der Waals surface area contributed by atoms with Gasteiger partial charge in [0, 0.05) is 11.4 Å². The molecule has 144 valence electrons. The van der Waals surface area contributed by atoms with Crippen molar-refractivity contribution in [3.8, 4) is 6.07 Å². The molecule has 1 aromatic heterocycles. The molecule has 8 nitrogen and oxygen atoms in total. The molecule has 2 N–H and O–H groups in total. The standard InChI is InChI=1S/C21H17N5O3/c1-2-29-21(28)15-5-9-17(10-6-15)26-20(27)18-12-24-19(13-23-18)25-16-7-3-14(11-22)4-8-16/h3-10,12-13H,2H2,1H3,(H,24,25)(H,26,27). The smallest absolute Gasteiger partial charge is 0.338 e. The summed E-state index contributed by atoms with van der Waals surface area (Å²) in [5, 5.41) is 14.5. The molecule has 1 heterocycles. The van der Waals surface area contributed by atoms with Crippen LogP contribution in [0.25, 0.3) is 0 Å². The fourth-order valence-electron chi connectivity index (χ4n) is 2.39. The summed E-state index contributed by atoms with van der Waals surface area (Å²) in [4.78, 5) is 32.3. The minimum atomic E-state index is -0.425. The average Bonchev–Trinajstić information content (AvgIpc) is 2.75. The first-order chi connectivity index (χ1) is 14.1. The molecule has 8 heteroatoms. The lowest BCUT2D eigenvalue weighted by atomic mass is 10.2. The van der Waals surface area contributed by atoms with Crippen molar-refractivity contribution < 1.29 is 14.3 Å². The maximum atomic E-state index is 12.3. The van der Waals surface area contributed by atoms with E-state index in [1.165, 1.54) is 12.4 Å². The zero-order valence-corrected chi connectivity index (χ0v) is 15.5. The maximum Gasteiger partial charge on any atom is 0.338 e. The van der Waals surface area contributed by atoms with Crippen LogP contribution in [0.1, 0.15) is 33.3 Å². The third kappa shape index (κ3) is 5.14. The molecular formula is C21H17N5O3. The van der Waals surface area contributed by atoms with E-state index in [9.17, 15) is 9.59 Å². The lowest BCUT2D eigenvalue weighted by Crippen LogP contribution is -2.14. The first-order valence-corrected chi connectivity index (χ1v) is 8.77. The molecule has 0 spiro atoms. The van der Waals surface area contributed by atoms with E-state index in [2.05, 4.69) is 20.6 Å². The van der Waals surface area contributed by atoms with Gasteiger partial charge in [-0.15, -0.1) is 0 Å².